The molecule has 0 spiro atoms. The second-order valence-electron chi connectivity index (χ2n) is 4.31. The maximum Gasteiger partial charge on any atom is 0.122 e. The number of ether oxygens (including phenoxy) is 1. The van der Waals surface area contributed by atoms with Crippen molar-refractivity contribution in [2.75, 3.05) is 6.61 Å². The summed E-state index contributed by atoms with van der Waals surface area (Å²) in [6.45, 7) is 4.94. The van der Waals surface area contributed by atoms with Gasteiger partial charge in [0.25, 0.3) is 0 Å². The third-order valence-corrected chi connectivity index (χ3v) is 4.27. The van der Waals surface area contributed by atoms with E-state index < -0.39 is 0 Å². The van der Waals surface area contributed by atoms with Gasteiger partial charge >= 0.3 is 0 Å². The second-order valence-corrected chi connectivity index (χ2v) is 6.12. The fraction of sp³-hybridized carbons (Fsp3) is 0.400. The summed E-state index contributed by atoms with van der Waals surface area (Å²) in [7, 11) is 0. The highest BCUT2D eigenvalue weighted by Crippen LogP contribution is 2.30. The summed E-state index contributed by atoms with van der Waals surface area (Å²) in [6.07, 6.45) is 2.27. The zero-order valence-electron chi connectivity index (χ0n) is 11.2. The monoisotopic (exact) mass is 339 g/mol. The molecule has 0 aliphatic heterocycles. The molecule has 0 bridgehead atoms. The van der Waals surface area contributed by atoms with Crippen LogP contribution in [0, 0.1) is 0 Å². The third kappa shape index (κ3) is 3.88. The van der Waals surface area contributed by atoms with E-state index in [9.17, 15) is 0 Å². The number of aromatic nitrogens is 1. The van der Waals surface area contributed by atoms with Gasteiger partial charge in [-0.25, -0.2) is 4.98 Å². The summed E-state index contributed by atoms with van der Waals surface area (Å²) in [5.41, 5.74) is 2.17. The first kappa shape index (κ1) is 14.7. The molecule has 4 heteroatoms. The van der Waals surface area contributed by atoms with Gasteiger partial charge in [-0.3, -0.25) is 0 Å². The van der Waals surface area contributed by atoms with Crippen LogP contribution in [0.3, 0.4) is 0 Å². The molecule has 0 aliphatic rings. The molecule has 1 heterocycles. The molecule has 1 aromatic heterocycles. The van der Waals surface area contributed by atoms with E-state index in [2.05, 4.69) is 40.4 Å². The molecule has 0 amide bonds. The van der Waals surface area contributed by atoms with Gasteiger partial charge < -0.3 is 4.74 Å². The smallest absolute Gasteiger partial charge is 0.122 e. The highest BCUT2D eigenvalue weighted by atomic mass is 79.9. The van der Waals surface area contributed by atoms with E-state index in [0.29, 0.717) is 0 Å². The van der Waals surface area contributed by atoms with Gasteiger partial charge in [0.05, 0.1) is 5.69 Å². The van der Waals surface area contributed by atoms with Crippen LogP contribution in [0.4, 0.5) is 0 Å². The van der Waals surface area contributed by atoms with E-state index in [4.69, 9.17) is 9.72 Å². The highest BCUT2D eigenvalue weighted by Gasteiger charge is 2.15. The summed E-state index contributed by atoms with van der Waals surface area (Å²) in [5, 5.41) is 3.19. The lowest BCUT2D eigenvalue weighted by Crippen LogP contribution is -2.03. The highest BCUT2D eigenvalue weighted by molar-refractivity contribution is 9.10. The summed E-state index contributed by atoms with van der Waals surface area (Å²) < 4.78 is 6.86. The lowest BCUT2D eigenvalue weighted by atomic mass is 10.2. The quantitative estimate of drug-likeness (QED) is 0.697. The number of hydrogen-bond acceptors (Lipinski definition) is 3. The predicted octanol–water partition coefficient (Wildman–Crippen LogP) is 5.45. The number of halogens is 1. The summed E-state index contributed by atoms with van der Waals surface area (Å²) in [4.78, 5) is 4.73. The molecule has 2 aromatic rings. The molecule has 0 N–H and O–H groups in total. The van der Waals surface area contributed by atoms with Crippen LogP contribution in [0.1, 0.15) is 37.8 Å². The first-order chi connectivity index (χ1) is 9.24. The Bertz CT molecular complexity index is 520. The van der Waals surface area contributed by atoms with Gasteiger partial charge in [-0.15, -0.1) is 11.3 Å². The number of thiazole rings is 1. The van der Waals surface area contributed by atoms with E-state index in [1.165, 1.54) is 0 Å². The van der Waals surface area contributed by atoms with Gasteiger partial charge in [0, 0.05) is 22.0 Å². The average Bonchev–Trinajstić information content (AvgIpc) is 2.88. The SMILES string of the molecule is CCCC(OCC)c1nc(-c2cccc(Br)c2)cs1. The predicted molar refractivity (Wildman–Crippen MR) is 84.5 cm³/mol. The van der Waals surface area contributed by atoms with Crippen molar-refractivity contribution in [2.45, 2.75) is 32.8 Å². The normalized spacial score (nSPS) is 12.6. The third-order valence-electron chi connectivity index (χ3n) is 2.84. The molecular formula is C15H18BrNOS. The van der Waals surface area contributed by atoms with Crippen molar-refractivity contribution < 1.29 is 4.74 Å². The molecule has 19 heavy (non-hydrogen) atoms. The number of benzene rings is 1. The van der Waals surface area contributed by atoms with Crippen molar-refractivity contribution in [3.05, 3.63) is 39.1 Å². The number of hydrogen-bond donors (Lipinski definition) is 0. The largest absolute Gasteiger partial charge is 0.371 e. The Balaban J connectivity index is 2.22. The van der Waals surface area contributed by atoms with Crippen LogP contribution in [-0.4, -0.2) is 11.6 Å². The van der Waals surface area contributed by atoms with Crippen molar-refractivity contribution in [1.29, 1.82) is 0 Å². The minimum atomic E-state index is 0.140. The maximum absolute atomic E-state index is 5.78. The minimum Gasteiger partial charge on any atom is -0.371 e. The lowest BCUT2D eigenvalue weighted by Gasteiger charge is -2.12. The first-order valence-corrected chi connectivity index (χ1v) is 8.24. The van der Waals surface area contributed by atoms with Crippen LogP contribution in [0.25, 0.3) is 11.3 Å². The van der Waals surface area contributed by atoms with E-state index in [-0.39, 0.29) is 6.10 Å². The molecule has 1 atom stereocenters. The molecule has 0 fully saturated rings. The summed E-state index contributed by atoms with van der Waals surface area (Å²) in [6, 6.07) is 8.23. The second kappa shape index (κ2) is 7.17. The van der Waals surface area contributed by atoms with Gasteiger partial charge in [0.1, 0.15) is 11.1 Å². The van der Waals surface area contributed by atoms with Crippen molar-refractivity contribution in [3.8, 4) is 11.3 Å². The fourth-order valence-electron chi connectivity index (χ4n) is 1.96. The van der Waals surface area contributed by atoms with Gasteiger partial charge in [-0.05, 0) is 25.5 Å². The maximum atomic E-state index is 5.78. The zero-order valence-corrected chi connectivity index (χ0v) is 13.6. The molecule has 102 valence electrons. The van der Waals surface area contributed by atoms with Gasteiger partial charge in [-0.2, -0.15) is 0 Å². The zero-order chi connectivity index (χ0) is 13.7. The van der Waals surface area contributed by atoms with Gasteiger partial charge in [0.2, 0.25) is 0 Å². The molecular weight excluding hydrogens is 322 g/mol. The average molecular weight is 340 g/mol. The topological polar surface area (TPSA) is 22.1 Å². The van der Waals surface area contributed by atoms with Gasteiger partial charge in [-0.1, -0.05) is 41.4 Å². The summed E-state index contributed by atoms with van der Waals surface area (Å²) in [5.74, 6) is 0. The van der Waals surface area contributed by atoms with Crippen molar-refractivity contribution in [3.63, 3.8) is 0 Å². The molecule has 2 rings (SSSR count). The van der Waals surface area contributed by atoms with Crippen LogP contribution in [0.5, 0.6) is 0 Å². The number of rotatable bonds is 6. The van der Waals surface area contributed by atoms with E-state index in [1.54, 1.807) is 11.3 Å². The Morgan fingerprint density at radius 1 is 1.37 bits per heavy atom. The number of nitrogens with zero attached hydrogens (tertiary/aromatic N) is 1. The Hall–Kier alpha value is -0.710. The summed E-state index contributed by atoms with van der Waals surface area (Å²) >= 11 is 5.18. The van der Waals surface area contributed by atoms with Crippen LogP contribution >= 0.6 is 27.3 Å². The van der Waals surface area contributed by atoms with E-state index in [0.717, 1.165) is 40.2 Å². The van der Waals surface area contributed by atoms with Crippen LogP contribution in [0.15, 0.2) is 34.1 Å². The minimum absolute atomic E-state index is 0.140. The fourth-order valence-corrected chi connectivity index (χ4v) is 3.27. The lowest BCUT2D eigenvalue weighted by molar-refractivity contribution is 0.0555. The van der Waals surface area contributed by atoms with Crippen LogP contribution in [0.2, 0.25) is 0 Å². The Kier molecular flexibility index (Phi) is 5.55. The van der Waals surface area contributed by atoms with Crippen LogP contribution < -0.4 is 0 Å². The van der Waals surface area contributed by atoms with Crippen molar-refractivity contribution in [2.24, 2.45) is 0 Å². The Labute approximate surface area is 127 Å². The standard InChI is InChI=1S/C15H18BrNOS/c1-3-6-14(18-4-2)15-17-13(10-19-15)11-7-5-8-12(16)9-11/h5,7-10,14H,3-4,6H2,1-2H3. The molecule has 1 unspecified atom stereocenters. The van der Waals surface area contributed by atoms with Crippen molar-refractivity contribution >= 4 is 27.3 Å². The molecule has 0 saturated heterocycles. The first-order valence-electron chi connectivity index (χ1n) is 6.57. The Morgan fingerprint density at radius 2 is 2.21 bits per heavy atom. The van der Waals surface area contributed by atoms with E-state index in [1.807, 2.05) is 19.1 Å². The molecule has 2 nitrogen and oxygen atoms in total. The molecule has 0 saturated carbocycles. The van der Waals surface area contributed by atoms with E-state index >= 15 is 0 Å². The molecule has 0 aliphatic carbocycles. The molecule has 0 radical (unpaired) electrons. The van der Waals surface area contributed by atoms with Crippen LogP contribution in [-0.2, 0) is 4.74 Å². The van der Waals surface area contributed by atoms with Crippen molar-refractivity contribution in [1.82, 2.24) is 4.98 Å². The Morgan fingerprint density at radius 3 is 2.89 bits per heavy atom. The van der Waals surface area contributed by atoms with Gasteiger partial charge in [0.15, 0.2) is 0 Å². The molecule has 1 aromatic carbocycles.